The summed E-state index contributed by atoms with van der Waals surface area (Å²) in [5.41, 5.74) is 1.11. The van der Waals surface area contributed by atoms with Crippen molar-refractivity contribution in [1.82, 2.24) is 5.32 Å². The number of thiophene rings is 1. The van der Waals surface area contributed by atoms with Gasteiger partial charge < -0.3 is 10.1 Å². The predicted molar refractivity (Wildman–Crippen MR) is 73.4 cm³/mol. The van der Waals surface area contributed by atoms with E-state index in [-0.39, 0.29) is 11.5 Å². The van der Waals surface area contributed by atoms with Gasteiger partial charge in [0, 0.05) is 11.5 Å². The molecule has 1 heterocycles. The zero-order valence-corrected chi connectivity index (χ0v) is 11.7. The first kappa shape index (κ1) is 13.7. The topological polar surface area (TPSA) is 75.3 Å². The highest BCUT2D eigenvalue weighted by Gasteiger charge is 2.40. The molecule has 1 saturated carbocycles. The molecule has 1 aromatic heterocycles. The van der Waals surface area contributed by atoms with Crippen LogP contribution in [0.2, 0.25) is 0 Å². The molecule has 0 unspecified atom stereocenters. The molecule has 0 bridgehead atoms. The average Bonchev–Trinajstić information content (AvgIpc) is 2.68. The molecule has 0 atom stereocenters. The second-order valence-electron chi connectivity index (χ2n) is 5.24. The predicted octanol–water partition coefficient (Wildman–Crippen LogP) is 1.72. The normalized spacial score (nSPS) is 25.3. The van der Waals surface area contributed by atoms with Gasteiger partial charge >= 0.3 is 0 Å². The van der Waals surface area contributed by atoms with Gasteiger partial charge in [-0.1, -0.05) is 6.92 Å². The molecule has 102 valence electrons. The molecule has 2 amide bonds. The van der Waals surface area contributed by atoms with Crippen LogP contribution in [0.15, 0.2) is 5.38 Å². The molecule has 2 rings (SSSR count). The molecule has 1 aliphatic carbocycles. The third-order valence-corrected chi connectivity index (χ3v) is 4.47. The lowest BCUT2D eigenvalue weighted by Crippen LogP contribution is -2.44. The van der Waals surface area contributed by atoms with Gasteiger partial charge in [-0.25, -0.2) is 0 Å². The summed E-state index contributed by atoms with van der Waals surface area (Å²) in [6.45, 7) is 3.76. The zero-order valence-electron chi connectivity index (χ0n) is 10.9. The number of amides is 2. The maximum absolute atomic E-state index is 11.8. The number of carbonyl (C=O) groups excluding carboxylic acids is 3. The number of carbonyl (C=O) groups is 3. The highest BCUT2D eigenvalue weighted by Crippen LogP contribution is 2.41. The summed E-state index contributed by atoms with van der Waals surface area (Å²) in [5, 5.41) is 8.07. The lowest BCUT2D eigenvalue weighted by molar-refractivity contribution is -0.119. The molecule has 19 heavy (non-hydrogen) atoms. The first-order valence-corrected chi connectivity index (χ1v) is 6.92. The lowest BCUT2D eigenvalue weighted by atomic mass is 9.68. The van der Waals surface area contributed by atoms with Crippen LogP contribution in [0.25, 0.3) is 0 Å². The van der Waals surface area contributed by atoms with Crippen molar-refractivity contribution in [2.45, 2.75) is 32.7 Å². The van der Waals surface area contributed by atoms with Crippen molar-refractivity contribution in [2.75, 3.05) is 5.32 Å². The first-order valence-electron chi connectivity index (χ1n) is 6.04. The van der Waals surface area contributed by atoms with Crippen molar-refractivity contribution in [3.63, 3.8) is 0 Å². The fourth-order valence-electron chi connectivity index (χ4n) is 2.41. The Bertz CT molecular complexity index is 518. The van der Waals surface area contributed by atoms with Crippen LogP contribution in [0.1, 0.15) is 35.7 Å². The van der Waals surface area contributed by atoms with Gasteiger partial charge in [0.25, 0.3) is 5.91 Å². The Morgan fingerprint density at radius 2 is 2.16 bits per heavy atom. The average molecular weight is 280 g/mol. The summed E-state index contributed by atoms with van der Waals surface area (Å²) in [7, 11) is 0. The fourth-order valence-corrected chi connectivity index (χ4v) is 3.43. The van der Waals surface area contributed by atoms with E-state index in [1.165, 1.54) is 11.3 Å². The van der Waals surface area contributed by atoms with E-state index in [0.717, 1.165) is 29.7 Å². The summed E-state index contributed by atoms with van der Waals surface area (Å²) in [6, 6.07) is 0.205. The van der Waals surface area contributed by atoms with Crippen molar-refractivity contribution in [3.8, 4) is 0 Å². The molecule has 0 aromatic carbocycles. The molecule has 0 aliphatic heterocycles. The molecule has 0 radical (unpaired) electrons. The smallest absolute Gasteiger partial charge is 0.260 e. The molecular formula is C13H16N2O3S. The van der Waals surface area contributed by atoms with Crippen LogP contribution in [-0.4, -0.2) is 24.6 Å². The summed E-state index contributed by atoms with van der Waals surface area (Å²) in [5.74, 6) is -0.395. The van der Waals surface area contributed by atoms with E-state index < -0.39 is 5.91 Å². The van der Waals surface area contributed by atoms with E-state index in [1.54, 1.807) is 0 Å². The number of anilines is 1. The number of nitrogens with one attached hydrogen (secondary N) is 2. The summed E-state index contributed by atoms with van der Waals surface area (Å²) in [4.78, 5) is 33.0. The van der Waals surface area contributed by atoms with Crippen LogP contribution in [0.3, 0.4) is 0 Å². The van der Waals surface area contributed by atoms with Gasteiger partial charge in [0.15, 0.2) is 0 Å². The number of aryl methyl sites for hydroxylation is 1. The van der Waals surface area contributed by atoms with Crippen molar-refractivity contribution in [1.29, 1.82) is 0 Å². The van der Waals surface area contributed by atoms with Crippen molar-refractivity contribution in [3.05, 3.63) is 16.5 Å². The molecule has 1 aliphatic rings. The Balaban J connectivity index is 2.08. The Kier molecular flexibility index (Phi) is 3.71. The van der Waals surface area contributed by atoms with Crippen LogP contribution in [0.5, 0.6) is 0 Å². The number of hydrogen-bond donors (Lipinski definition) is 2. The minimum absolute atomic E-state index is 0.205. The number of hydrogen-bond acceptors (Lipinski definition) is 5. The minimum Gasteiger partial charge on any atom is -0.373 e. The maximum atomic E-state index is 11.8. The SMILES string of the molecule is Cc1csc(NC2CC(C)(C=O)C2)c1C(=O)NC=O. The number of imide groups is 1. The highest BCUT2D eigenvalue weighted by atomic mass is 32.1. The standard InChI is InChI=1S/C13H16N2O3S/c1-8-5-19-12(10(8)11(18)14-7-17)15-9-3-13(2,4-9)6-16/h5-7,9,15H,3-4H2,1-2H3,(H,14,17,18). The van der Waals surface area contributed by atoms with Crippen LogP contribution in [0, 0.1) is 12.3 Å². The van der Waals surface area contributed by atoms with E-state index in [0.29, 0.717) is 12.0 Å². The van der Waals surface area contributed by atoms with E-state index in [1.807, 2.05) is 19.2 Å². The Morgan fingerprint density at radius 3 is 2.74 bits per heavy atom. The molecule has 0 saturated heterocycles. The summed E-state index contributed by atoms with van der Waals surface area (Å²) < 4.78 is 0. The van der Waals surface area contributed by atoms with Gasteiger partial charge in [0.2, 0.25) is 6.41 Å². The molecule has 6 heteroatoms. The largest absolute Gasteiger partial charge is 0.373 e. The van der Waals surface area contributed by atoms with E-state index in [9.17, 15) is 14.4 Å². The Hall–Kier alpha value is -1.69. The van der Waals surface area contributed by atoms with Gasteiger partial charge in [-0.2, -0.15) is 0 Å². The van der Waals surface area contributed by atoms with Crippen molar-refractivity contribution >= 4 is 34.9 Å². The van der Waals surface area contributed by atoms with Gasteiger partial charge in [-0.15, -0.1) is 11.3 Å². The zero-order chi connectivity index (χ0) is 14.0. The van der Waals surface area contributed by atoms with Crippen molar-refractivity contribution < 1.29 is 14.4 Å². The lowest BCUT2D eigenvalue weighted by Gasteiger charge is -2.41. The fraction of sp³-hybridized carbons (Fsp3) is 0.462. The molecule has 1 aromatic rings. The summed E-state index contributed by atoms with van der Waals surface area (Å²) >= 11 is 1.44. The van der Waals surface area contributed by atoms with Crippen LogP contribution < -0.4 is 10.6 Å². The third kappa shape index (κ3) is 2.68. The Morgan fingerprint density at radius 1 is 1.47 bits per heavy atom. The Labute approximate surface area is 115 Å². The quantitative estimate of drug-likeness (QED) is 0.805. The number of aldehydes is 1. The van der Waals surface area contributed by atoms with Gasteiger partial charge in [0.05, 0.1) is 5.56 Å². The number of rotatable bonds is 5. The van der Waals surface area contributed by atoms with E-state index >= 15 is 0 Å². The first-order chi connectivity index (χ1) is 8.99. The second kappa shape index (κ2) is 5.13. The maximum Gasteiger partial charge on any atom is 0.260 e. The van der Waals surface area contributed by atoms with Crippen LogP contribution in [0.4, 0.5) is 5.00 Å². The minimum atomic E-state index is -0.395. The van der Waals surface area contributed by atoms with E-state index in [2.05, 4.69) is 10.6 Å². The van der Waals surface area contributed by atoms with Gasteiger partial charge in [0.1, 0.15) is 11.3 Å². The molecule has 2 N–H and O–H groups in total. The molecule has 5 nitrogen and oxygen atoms in total. The van der Waals surface area contributed by atoms with Gasteiger partial charge in [-0.3, -0.25) is 14.9 Å². The van der Waals surface area contributed by atoms with Crippen LogP contribution >= 0.6 is 11.3 Å². The van der Waals surface area contributed by atoms with Crippen molar-refractivity contribution in [2.24, 2.45) is 5.41 Å². The van der Waals surface area contributed by atoms with Crippen LogP contribution in [-0.2, 0) is 9.59 Å². The molecule has 0 spiro atoms. The summed E-state index contributed by atoms with van der Waals surface area (Å²) in [6.07, 6.45) is 2.91. The van der Waals surface area contributed by atoms with Gasteiger partial charge in [-0.05, 0) is 30.7 Å². The molecular weight excluding hydrogens is 264 g/mol. The van der Waals surface area contributed by atoms with E-state index in [4.69, 9.17) is 0 Å². The second-order valence-corrected chi connectivity index (χ2v) is 6.12. The highest BCUT2D eigenvalue weighted by molar-refractivity contribution is 7.14. The third-order valence-electron chi connectivity index (χ3n) is 3.44. The molecule has 1 fully saturated rings. The monoisotopic (exact) mass is 280 g/mol.